The molecule has 0 saturated heterocycles. The van der Waals surface area contributed by atoms with E-state index in [0.717, 1.165) is 0 Å². The van der Waals surface area contributed by atoms with Gasteiger partial charge in [-0.3, -0.25) is 0 Å². The van der Waals surface area contributed by atoms with E-state index in [4.69, 9.17) is 4.89 Å². The van der Waals surface area contributed by atoms with Crippen LogP contribution in [0.3, 0.4) is 0 Å². The van der Waals surface area contributed by atoms with Gasteiger partial charge in [-0.1, -0.05) is 6.42 Å². The fourth-order valence-electron chi connectivity index (χ4n) is 0.0755. The normalized spacial score (nSPS) is 16.7. The highest BCUT2D eigenvalue weighted by Crippen LogP contribution is 2.29. The number of hydrogen-bond donors (Lipinski definition) is 2. The van der Waals surface area contributed by atoms with Crippen molar-refractivity contribution in [2.45, 2.75) is 0 Å². The molecule has 0 bridgehead atoms. The summed E-state index contributed by atoms with van der Waals surface area (Å²) in [7, 11) is -3.90. The Morgan fingerprint density at radius 3 is 2.43 bits per heavy atom. The molecule has 0 radical (unpaired) electrons. The summed E-state index contributed by atoms with van der Waals surface area (Å²) < 4.78 is 13.4. The predicted molar refractivity (Wildman–Crippen MR) is 23.9 cm³/mol. The van der Waals surface area contributed by atoms with Crippen LogP contribution in [0.1, 0.15) is 0 Å². The van der Waals surface area contributed by atoms with E-state index >= 15 is 0 Å². The van der Waals surface area contributed by atoms with Crippen molar-refractivity contribution in [3.8, 4) is 12.5 Å². The molecule has 4 nitrogen and oxygen atoms in total. The number of nitrogens with two attached hydrogens (primary N) is 1. The van der Waals surface area contributed by atoms with Crippen molar-refractivity contribution in [2.24, 2.45) is 5.50 Å². The molecule has 7 heavy (non-hydrogen) atoms. The van der Waals surface area contributed by atoms with Gasteiger partial charge in [-0.05, 0) is 0 Å². The van der Waals surface area contributed by atoms with Crippen molar-refractivity contribution in [1.82, 2.24) is 0 Å². The molecule has 0 fully saturated rings. The van der Waals surface area contributed by atoms with Crippen molar-refractivity contribution >= 4 is 7.75 Å². The summed E-state index contributed by atoms with van der Waals surface area (Å²) in [5, 5.41) is 0. The van der Waals surface area contributed by atoms with Gasteiger partial charge in [0, 0.05) is 0 Å². The van der Waals surface area contributed by atoms with Crippen LogP contribution in [0.25, 0.3) is 0 Å². The first-order valence-electron chi connectivity index (χ1n) is 1.32. The Hall–Kier alpha value is -0.490. The van der Waals surface area contributed by atoms with Gasteiger partial charge in [0.25, 0.3) is 0 Å². The SMILES string of the molecule is C#COP(N)(=O)O. The lowest BCUT2D eigenvalue weighted by Crippen LogP contribution is -1.92. The van der Waals surface area contributed by atoms with Gasteiger partial charge in [-0.2, -0.15) is 0 Å². The van der Waals surface area contributed by atoms with E-state index in [2.05, 4.69) is 16.5 Å². The zero-order chi connectivity index (χ0) is 5.91. The van der Waals surface area contributed by atoms with E-state index in [9.17, 15) is 4.57 Å². The molecule has 0 saturated carbocycles. The minimum absolute atomic E-state index is 1.47. The van der Waals surface area contributed by atoms with E-state index in [-0.39, 0.29) is 0 Å². The predicted octanol–water partition coefficient (Wildman–Crippen LogP) is -0.347. The third-order valence-corrected chi connectivity index (χ3v) is 0.551. The van der Waals surface area contributed by atoms with Crippen LogP contribution < -0.4 is 5.50 Å². The molecule has 40 valence electrons. The molecule has 0 aromatic rings. The van der Waals surface area contributed by atoms with Crippen LogP contribution in [0.4, 0.5) is 0 Å². The number of rotatable bonds is 1. The van der Waals surface area contributed by atoms with Gasteiger partial charge in [-0.15, -0.1) is 0 Å². The van der Waals surface area contributed by atoms with Crippen molar-refractivity contribution in [2.75, 3.05) is 0 Å². The molecule has 3 N–H and O–H groups in total. The zero-order valence-corrected chi connectivity index (χ0v) is 4.26. The van der Waals surface area contributed by atoms with Crippen LogP contribution in [0.15, 0.2) is 0 Å². The summed E-state index contributed by atoms with van der Waals surface area (Å²) in [4.78, 5) is 7.99. The Bertz CT molecular complexity index is 130. The van der Waals surface area contributed by atoms with E-state index in [1.165, 1.54) is 6.11 Å². The summed E-state index contributed by atoms with van der Waals surface area (Å²) in [6.45, 7) is 0. The second kappa shape index (κ2) is 1.99. The summed E-state index contributed by atoms with van der Waals surface area (Å²) in [6.07, 6.45) is 5.90. The number of terminal acetylenes is 1. The lowest BCUT2D eigenvalue weighted by Gasteiger charge is -1.95. The molecule has 0 rings (SSSR count). The second-order valence-electron chi connectivity index (χ2n) is 0.773. The van der Waals surface area contributed by atoms with E-state index in [1.807, 2.05) is 0 Å². The highest BCUT2D eigenvalue weighted by atomic mass is 31.2. The highest BCUT2D eigenvalue weighted by molar-refractivity contribution is 7.50. The Balaban J connectivity index is 3.65. The van der Waals surface area contributed by atoms with Crippen LogP contribution in [0, 0.1) is 12.5 Å². The van der Waals surface area contributed by atoms with Gasteiger partial charge in [0.15, 0.2) is 0 Å². The Morgan fingerprint density at radius 2 is 2.43 bits per heavy atom. The molecule has 0 aliphatic carbocycles. The molecule has 0 heterocycles. The Morgan fingerprint density at radius 1 is 2.00 bits per heavy atom. The van der Waals surface area contributed by atoms with Crippen LogP contribution >= 0.6 is 7.75 Å². The maximum Gasteiger partial charge on any atom is 0.461 e. The minimum Gasteiger partial charge on any atom is -0.360 e. The maximum atomic E-state index is 9.78. The molecular formula is C2H4NO3P. The van der Waals surface area contributed by atoms with Crippen LogP contribution in [0.2, 0.25) is 0 Å². The first-order chi connectivity index (χ1) is 3.06. The molecule has 0 aromatic heterocycles. The van der Waals surface area contributed by atoms with Crippen molar-refractivity contribution < 1.29 is 14.0 Å². The third-order valence-electron chi connectivity index (χ3n) is 0.184. The van der Waals surface area contributed by atoms with E-state index in [0.29, 0.717) is 0 Å². The molecule has 1 unspecified atom stereocenters. The summed E-state index contributed by atoms with van der Waals surface area (Å²) >= 11 is 0. The molecule has 5 heteroatoms. The molecule has 0 amide bonds. The Labute approximate surface area is 40.9 Å². The van der Waals surface area contributed by atoms with Crippen molar-refractivity contribution in [1.29, 1.82) is 0 Å². The molecular weight excluding hydrogens is 117 g/mol. The van der Waals surface area contributed by atoms with Crippen molar-refractivity contribution in [3.63, 3.8) is 0 Å². The molecule has 0 aliphatic rings. The lowest BCUT2D eigenvalue weighted by molar-refractivity contribution is 0.364. The molecule has 1 atom stereocenters. The Kier molecular flexibility index (Phi) is 1.85. The summed E-state index contributed by atoms with van der Waals surface area (Å²) in [5.74, 6) is 0. The quantitative estimate of drug-likeness (QED) is 0.367. The number of hydrogen-bond acceptors (Lipinski definition) is 2. The van der Waals surface area contributed by atoms with Crippen LogP contribution in [-0.4, -0.2) is 4.89 Å². The second-order valence-corrected chi connectivity index (χ2v) is 2.08. The third kappa shape index (κ3) is 5.51. The monoisotopic (exact) mass is 121 g/mol. The first kappa shape index (κ1) is 6.51. The van der Waals surface area contributed by atoms with Crippen LogP contribution in [-0.2, 0) is 9.09 Å². The topological polar surface area (TPSA) is 72.5 Å². The van der Waals surface area contributed by atoms with E-state index in [1.54, 1.807) is 0 Å². The van der Waals surface area contributed by atoms with Gasteiger partial charge in [0.1, 0.15) is 6.11 Å². The van der Waals surface area contributed by atoms with Gasteiger partial charge < -0.3 is 9.42 Å². The zero-order valence-electron chi connectivity index (χ0n) is 3.37. The minimum atomic E-state index is -3.90. The maximum absolute atomic E-state index is 9.78. The largest absolute Gasteiger partial charge is 0.461 e. The van der Waals surface area contributed by atoms with E-state index < -0.39 is 7.75 Å². The van der Waals surface area contributed by atoms with Crippen LogP contribution in [0.5, 0.6) is 0 Å². The standard InChI is InChI=1S/C2H4NO3P/c1-2-6-7(3,4)5/h1H,(H3,3,4,5). The smallest absolute Gasteiger partial charge is 0.360 e. The summed E-state index contributed by atoms with van der Waals surface area (Å²) in [5.41, 5.74) is 4.39. The van der Waals surface area contributed by atoms with Gasteiger partial charge in [0.05, 0.1) is 0 Å². The van der Waals surface area contributed by atoms with Gasteiger partial charge in [-0.25, -0.2) is 10.1 Å². The summed E-state index contributed by atoms with van der Waals surface area (Å²) in [6, 6.07) is 0. The average Bonchev–Trinajstić information content (AvgIpc) is 1.30. The molecule has 0 aliphatic heterocycles. The lowest BCUT2D eigenvalue weighted by atomic mass is 11.3. The highest BCUT2D eigenvalue weighted by Gasteiger charge is 2.07. The fraction of sp³-hybridized carbons (Fsp3) is 0. The fourth-order valence-corrected chi connectivity index (χ4v) is 0.227. The molecule has 0 aromatic carbocycles. The first-order valence-corrected chi connectivity index (χ1v) is 2.96. The van der Waals surface area contributed by atoms with Gasteiger partial charge >= 0.3 is 7.75 Å². The molecule has 0 spiro atoms. The van der Waals surface area contributed by atoms with Gasteiger partial charge in [0.2, 0.25) is 0 Å². The van der Waals surface area contributed by atoms with Crippen molar-refractivity contribution in [3.05, 3.63) is 0 Å². The average molecular weight is 121 g/mol.